The van der Waals surface area contributed by atoms with Gasteiger partial charge in [-0.05, 0) is 35.0 Å². The van der Waals surface area contributed by atoms with E-state index in [1.807, 2.05) is 31.2 Å². The number of halogens is 1. The van der Waals surface area contributed by atoms with Crippen molar-refractivity contribution in [1.82, 2.24) is 4.90 Å². The molecule has 0 aliphatic carbocycles. The third-order valence-electron chi connectivity index (χ3n) is 2.20. The van der Waals surface area contributed by atoms with Crippen LogP contribution in [0, 0.1) is 0 Å². The van der Waals surface area contributed by atoms with Gasteiger partial charge in [0.1, 0.15) is 0 Å². The number of carbonyl (C=O) groups is 1. The molecule has 4 heteroatoms. The zero-order valence-electron chi connectivity index (χ0n) is 8.96. The molecule has 0 aliphatic rings. The van der Waals surface area contributed by atoms with Crippen LogP contribution in [0.2, 0.25) is 0 Å². The summed E-state index contributed by atoms with van der Waals surface area (Å²) in [6.07, 6.45) is 0. The molecule has 0 fully saturated rings. The van der Waals surface area contributed by atoms with E-state index in [-0.39, 0.29) is 5.91 Å². The van der Waals surface area contributed by atoms with Gasteiger partial charge < -0.3 is 10.2 Å². The van der Waals surface area contributed by atoms with Crippen molar-refractivity contribution < 1.29 is 4.79 Å². The molecule has 15 heavy (non-hydrogen) atoms. The van der Waals surface area contributed by atoms with Crippen LogP contribution in [-0.2, 0) is 4.79 Å². The van der Waals surface area contributed by atoms with Crippen molar-refractivity contribution in [2.24, 2.45) is 0 Å². The molecule has 3 nitrogen and oxygen atoms in total. The van der Waals surface area contributed by atoms with Crippen LogP contribution in [0.5, 0.6) is 0 Å². The van der Waals surface area contributed by atoms with Gasteiger partial charge in [0.25, 0.3) is 0 Å². The third-order valence-corrected chi connectivity index (χ3v) is 2.90. The number of hydrogen-bond acceptors (Lipinski definition) is 2. The lowest BCUT2D eigenvalue weighted by molar-refractivity contribution is -0.127. The minimum Gasteiger partial charge on any atom is -0.375 e. The third kappa shape index (κ3) is 3.55. The van der Waals surface area contributed by atoms with Crippen molar-refractivity contribution >= 4 is 27.5 Å². The van der Waals surface area contributed by atoms with E-state index >= 15 is 0 Å². The predicted molar refractivity (Wildman–Crippen MR) is 65.9 cm³/mol. The predicted octanol–water partition coefficient (Wildman–Crippen LogP) is 2.34. The van der Waals surface area contributed by atoms with Crippen molar-refractivity contribution in [3.8, 4) is 0 Å². The molecule has 1 N–H and O–H groups in total. The molecule has 82 valence electrons. The molecule has 1 rings (SSSR count). The fourth-order valence-electron chi connectivity index (χ4n) is 1.09. The molecular weight excluding hydrogens is 256 g/mol. The van der Waals surface area contributed by atoms with E-state index in [0.29, 0.717) is 6.54 Å². The molecule has 1 amide bonds. The highest BCUT2D eigenvalue weighted by atomic mass is 79.9. The van der Waals surface area contributed by atoms with E-state index in [2.05, 4.69) is 21.2 Å². The molecule has 0 unspecified atom stereocenters. The van der Waals surface area contributed by atoms with Crippen molar-refractivity contribution in [1.29, 1.82) is 0 Å². The quantitative estimate of drug-likeness (QED) is 0.911. The number of likely N-dealkylation sites (N-methyl/N-ethyl adjacent to an activating group) is 1. The summed E-state index contributed by atoms with van der Waals surface area (Å²) in [6.45, 7) is 3.01. The van der Waals surface area contributed by atoms with Crippen LogP contribution >= 0.6 is 15.9 Å². The molecule has 1 aromatic rings. The minimum absolute atomic E-state index is 0.0910. The van der Waals surface area contributed by atoms with Gasteiger partial charge in [0, 0.05) is 23.8 Å². The van der Waals surface area contributed by atoms with Crippen LogP contribution < -0.4 is 5.32 Å². The molecule has 0 aromatic heterocycles. The largest absolute Gasteiger partial charge is 0.375 e. The first-order chi connectivity index (χ1) is 7.15. The van der Waals surface area contributed by atoms with Gasteiger partial charge in [0.15, 0.2) is 0 Å². The molecule has 0 heterocycles. The second kappa shape index (κ2) is 5.75. The average molecular weight is 271 g/mol. The van der Waals surface area contributed by atoms with Gasteiger partial charge >= 0.3 is 0 Å². The SMILES string of the molecule is CCN(C)C(=O)CNc1ccccc1Br. The molecule has 0 bridgehead atoms. The van der Waals surface area contributed by atoms with E-state index in [0.717, 1.165) is 16.7 Å². The molecule has 0 aliphatic heterocycles. The summed E-state index contributed by atoms with van der Waals surface area (Å²) >= 11 is 3.41. The highest BCUT2D eigenvalue weighted by Crippen LogP contribution is 2.20. The number of nitrogens with one attached hydrogen (secondary N) is 1. The standard InChI is InChI=1S/C11H15BrN2O/c1-3-14(2)11(15)8-13-10-7-5-4-6-9(10)12/h4-7,13H,3,8H2,1-2H3. The van der Waals surface area contributed by atoms with Gasteiger partial charge in [0.2, 0.25) is 5.91 Å². The Labute approximate surface area is 98.6 Å². The Hall–Kier alpha value is -1.03. The maximum absolute atomic E-state index is 11.5. The van der Waals surface area contributed by atoms with Crippen molar-refractivity contribution in [3.63, 3.8) is 0 Å². The first-order valence-electron chi connectivity index (χ1n) is 4.87. The van der Waals surface area contributed by atoms with Gasteiger partial charge in [-0.15, -0.1) is 0 Å². The van der Waals surface area contributed by atoms with Gasteiger partial charge in [-0.3, -0.25) is 4.79 Å². The molecule has 1 aromatic carbocycles. The van der Waals surface area contributed by atoms with Gasteiger partial charge in [-0.2, -0.15) is 0 Å². The van der Waals surface area contributed by atoms with Crippen molar-refractivity contribution in [2.45, 2.75) is 6.92 Å². The van der Waals surface area contributed by atoms with Crippen LogP contribution in [0.1, 0.15) is 6.92 Å². The maximum atomic E-state index is 11.5. The summed E-state index contributed by atoms with van der Waals surface area (Å²) in [5.74, 6) is 0.0910. The normalized spacial score (nSPS) is 9.80. The Bertz CT molecular complexity index is 341. The summed E-state index contributed by atoms with van der Waals surface area (Å²) in [7, 11) is 1.80. The van der Waals surface area contributed by atoms with Crippen LogP contribution in [0.15, 0.2) is 28.7 Å². The summed E-state index contributed by atoms with van der Waals surface area (Å²) < 4.78 is 0.969. The van der Waals surface area contributed by atoms with E-state index < -0.39 is 0 Å². The Morgan fingerprint density at radius 2 is 2.13 bits per heavy atom. The highest BCUT2D eigenvalue weighted by Gasteiger charge is 2.06. The van der Waals surface area contributed by atoms with Gasteiger partial charge in [-0.1, -0.05) is 12.1 Å². The smallest absolute Gasteiger partial charge is 0.241 e. The zero-order valence-corrected chi connectivity index (χ0v) is 10.5. The average Bonchev–Trinajstić information content (AvgIpc) is 2.26. The number of nitrogens with zero attached hydrogens (tertiary/aromatic N) is 1. The fraction of sp³-hybridized carbons (Fsp3) is 0.364. The lowest BCUT2D eigenvalue weighted by Gasteiger charge is -2.15. The number of hydrogen-bond donors (Lipinski definition) is 1. The molecule has 0 atom stereocenters. The Balaban J connectivity index is 2.51. The fourth-order valence-corrected chi connectivity index (χ4v) is 1.51. The monoisotopic (exact) mass is 270 g/mol. The van der Waals surface area contributed by atoms with Gasteiger partial charge in [-0.25, -0.2) is 0 Å². The Morgan fingerprint density at radius 3 is 2.73 bits per heavy atom. The molecule has 0 radical (unpaired) electrons. The lowest BCUT2D eigenvalue weighted by Crippen LogP contribution is -2.31. The Morgan fingerprint density at radius 1 is 1.47 bits per heavy atom. The molecule has 0 saturated heterocycles. The van der Waals surface area contributed by atoms with E-state index in [4.69, 9.17) is 0 Å². The number of carbonyl (C=O) groups excluding carboxylic acids is 1. The van der Waals surface area contributed by atoms with Crippen LogP contribution in [0.4, 0.5) is 5.69 Å². The molecule has 0 saturated carbocycles. The zero-order chi connectivity index (χ0) is 11.3. The number of anilines is 1. The van der Waals surface area contributed by atoms with E-state index in [1.165, 1.54) is 0 Å². The topological polar surface area (TPSA) is 32.3 Å². The summed E-state index contributed by atoms with van der Waals surface area (Å²) in [5.41, 5.74) is 0.940. The summed E-state index contributed by atoms with van der Waals surface area (Å²) in [4.78, 5) is 13.2. The van der Waals surface area contributed by atoms with Crippen molar-refractivity contribution in [3.05, 3.63) is 28.7 Å². The Kier molecular flexibility index (Phi) is 4.62. The number of amides is 1. The van der Waals surface area contributed by atoms with Crippen molar-refractivity contribution in [2.75, 3.05) is 25.5 Å². The van der Waals surface area contributed by atoms with E-state index in [1.54, 1.807) is 11.9 Å². The maximum Gasteiger partial charge on any atom is 0.241 e. The second-order valence-corrected chi connectivity index (χ2v) is 4.10. The number of rotatable bonds is 4. The van der Waals surface area contributed by atoms with Crippen LogP contribution in [0.25, 0.3) is 0 Å². The minimum atomic E-state index is 0.0910. The number of benzene rings is 1. The highest BCUT2D eigenvalue weighted by molar-refractivity contribution is 9.10. The molecular formula is C11H15BrN2O. The van der Waals surface area contributed by atoms with Gasteiger partial charge in [0.05, 0.1) is 6.54 Å². The lowest BCUT2D eigenvalue weighted by atomic mass is 10.3. The summed E-state index contributed by atoms with van der Waals surface area (Å²) in [5, 5.41) is 3.09. The van der Waals surface area contributed by atoms with E-state index in [9.17, 15) is 4.79 Å². The first-order valence-corrected chi connectivity index (χ1v) is 5.66. The second-order valence-electron chi connectivity index (χ2n) is 3.24. The summed E-state index contributed by atoms with van der Waals surface area (Å²) in [6, 6.07) is 7.75. The van der Waals surface area contributed by atoms with Crippen LogP contribution in [-0.4, -0.2) is 30.9 Å². The van der Waals surface area contributed by atoms with Crippen LogP contribution in [0.3, 0.4) is 0 Å². The molecule has 0 spiro atoms. The first kappa shape index (κ1) is 12.0. The number of para-hydroxylation sites is 1.